The molecule has 1 aromatic carbocycles. The fourth-order valence-corrected chi connectivity index (χ4v) is 2.52. The minimum atomic E-state index is -0.769. The van der Waals surface area contributed by atoms with Crippen molar-refractivity contribution < 1.29 is 19.0 Å². The monoisotopic (exact) mass is 324 g/mol. The summed E-state index contributed by atoms with van der Waals surface area (Å²) >= 11 is 1.36. The van der Waals surface area contributed by atoms with Crippen LogP contribution in [0.4, 0.5) is 4.39 Å². The number of para-hydroxylation sites is 1. The van der Waals surface area contributed by atoms with E-state index in [0.717, 1.165) is 0 Å². The number of benzene rings is 1. The second-order valence-corrected chi connectivity index (χ2v) is 5.50. The maximum Gasteiger partial charge on any atom is 0.261 e. The maximum absolute atomic E-state index is 13.6. The highest BCUT2D eigenvalue weighted by Gasteiger charge is 2.19. The number of amides is 1. The fraction of sp³-hybridized carbons (Fsp3) is 0.333. The number of thiazole rings is 1. The van der Waals surface area contributed by atoms with Crippen LogP contribution in [0.25, 0.3) is 0 Å². The van der Waals surface area contributed by atoms with E-state index in [-0.39, 0.29) is 24.8 Å². The smallest absolute Gasteiger partial charge is 0.261 e. The Morgan fingerprint density at radius 1 is 1.50 bits per heavy atom. The number of hydrogen-bond donors (Lipinski definition) is 2. The van der Waals surface area contributed by atoms with E-state index in [9.17, 15) is 9.18 Å². The van der Waals surface area contributed by atoms with Gasteiger partial charge in [-0.3, -0.25) is 4.79 Å². The molecule has 0 aliphatic heterocycles. The molecule has 0 spiro atoms. The van der Waals surface area contributed by atoms with Crippen molar-refractivity contribution in [3.05, 3.63) is 46.2 Å². The number of carbonyl (C=O) groups excluding carboxylic acids is 1. The number of hydrogen-bond acceptors (Lipinski definition) is 5. The second-order valence-electron chi connectivity index (χ2n) is 4.55. The number of halogens is 1. The van der Waals surface area contributed by atoms with Crippen molar-refractivity contribution in [3.8, 4) is 5.75 Å². The van der Waals surface area contributed by atoms with Gasteiger partial charge in [0.1, 0.15) is 5.01 Å². The Hall–Kier alpha value is -1.99. The van der Waals surface area contributed by atoms with Crippen LogP contribution < -0.4 is 10.1 Å². The van der Waals surface area contributed by atoms with Crippen molar-refractivity contribution in [2.45, 2.75) is 32.6 Å². The van der Waals surface area contributed by atoms with Crippen LogP contribution in [0.1, 0.15) is 24.0 Å². The SMILES string of the molecule is CCC(Oc1ccccc1F)C(=O)NCc1nc(CO)cs1. The third-order valence-corrected chi connectivity index (χ3v) is 3.84. The van der Waals surface area contributed by atoms with E-state index >= 15 is 0 Å². The first-order valence-electron chi connectivity index (χ1n) is 6.87. The first-order chi connectivity index (χ1) is 10.6. The fourth-order valence-electron chi connectivity index (χ4n) is 1.80. The maximum atomic E-state index is 13.6. The Balaban J connectivity index is 1.92. The van der Waals surface area contributed by atoms with E-state index in [1.807, 2.05) is 0 Å². The quantitative estimate of drug-likeness (QED) is 0.819. The Bertz CT molecular complexity index is 633. The highest BCUT2D eigenvalue weighted by molar-refractivity contribution is 7.09. The number of rotatable bonds is 7. The van der Waals surface area contributed by atoms with Gasteiger partial charge in [0.05, 0.1) is 18.8 Å². The number of aromatic nitrogens is 1. The highest BCUT2D eigenvalue weighted by atomic mass is 32.1. The Morgan fingerprint density at radius 2 is 2.27 bits per heavy atom. The molecule has 22 heavy (non-hydrogen) atoms. The normalized spacial score (nSPS) is 12.0. The van der Waals surface area contributed by atoms with Crippen LogP contribution in [0.15, 0.2) is 29.6 Å². The van der Waals surface area contributed by atoms with Crippen LogP contribution in [-0.4, -0.2) is 22.1 Å². The Kier molecular flexibility index (Phi) is 5.85. The zero-order chi connectivity index (χ0) is 15.9. The van der Waals surface area contributed by atoms with Crippen molar-refractivity contribution in [2.24, 2.45) is 0 Å². The summed E-state index contributed by atoms with van der Waals surface area (Å²) in [5, 5.41) is 14.1. The number of ether oxygens (including phenoxy) is 1. The van der Waals surface area contributed by atoms with Gasteiger partial charge in [0.15, 0.2) is 17.7 Å². The third kappa shape index (κ3) is 4.25. The van der Waals surface area contributed by atoms with Gasteiger partial charge < -0.3 is 15.2 Å². The number of aliphatic hydroxyl groups excluding tert-OH is 1. The molecule has 1 heterocycles. The molecule has 2 aromatic rings. The summed E-state index contributed by atoms with van der Waals surface area (Å²) in [5.41, 5.74) is 0.573. The second kappa shape index (κ2) is 7.86. The molecule has 2 rings (SSSR count). The molecule has 1 atom stereocenters. The van der Waals surface area contributed by atoms with E-state index in [1.165, 1.54) is 23.5 Å². The van der Waals surface area contributed by atoms with Crippen molar-refractivity contribution in [1.29, 1.82) is 0 Å². The lowest BCUT2D eigenvalue weighted by molar-refractivity contribution is -0.128. The molecule has 5 nitrogen and oxygen atoms in total. The zero-order valence-corrected chi connectivity index (χ0v) is 12.9. The van der Waals surface area contributed by atoms with Gasteiger partial charge in [-0.1, -0.05) is 19.1 Å². The largest absolute Gasteiger partial charge is 0.478 e. The van der Waals surface area contributed by atoms with Gasteiger partial charge in [-0.15, -0.1) is 11.3 Å². The summed E-state index contributed by atoms with van der Waals surface area (Å²) < 4.78 is 19.0. The van der Waals surface area contributed by atoms with Crippen molar-refractivity contribution >= 4 is 17.2 Å². The molecule has 0 bridgehead atoms. The zero-order valence-electron chi connectivity index (χ0n) is 12.1. The van der Waals surface area contributed by atoms with Crippen LogP contribution in [0, 0.1) is 5.82 Å². The average molecular weight is 324 g/mol. The molecule has 1 unspecified atom stereocenters. The molecule has 118 valence electrons. The standard InChI is InChI=1S/C15H17FN2O3S/c1-2-12(21-13-6-4-3-5-11(13)16)15(20)17-7-14-18-10(8-19)9-22-14/h3-6,9,12,19H,2,7-8H2,1H3,(H,17,20). The van der Waals surface area contributed by atoms with E-state index in [4.69, 9.17) is 9.84 Å². The van der Waals surface area contributed by atoms with Gasteiger partial charge in [0.25, 0.3) is 5.91 Å². The van der Waals surface area contributed by atoms with E-state index in [0.29, 0.717) is 17.1 Å². The summed E-state index contributed by atoms with van der Waals surface area (Å²) in [7, 11) is 0. The molecular weight excluding hydrogens is 307 g/mol. The van der Waals surface area contributed by atoms with Gasteiger partial charge in [0.2, 0.25) is 0 Å². The van der Waals surface area contributed by atoms with Crippen LogP contribution in [0.3, 0.4) is 0 Å². The first-order valence-corrected chi connectivity index (χ1v) is 7.75. The molecule has 0 saturated carbocycles. The lowest BCUT2D eigenvalue weighted by Gasteiger charge is -2.17. The lowest BCUT2D eigenvalue weighted by Crippen LogP contribution is -2.37. The Morgan fingerprint density at radius 3 is 2.91 bits per heavy atom. The summed E-state index contributed by atoms with van der Waals surface area (Å²) in [6.07, 6.45) is -0.353. The Labute approximate surface area is 131 Å². The summed E-state index contributed by atoms with van der Waals surface area (Å²) in [4.78, 5) is 16.2. The molecule has 2 N–H and O–H groups in total. The van der Waals surface area contributed by atoms with Crippen molar-refractivity contribution in [2.75, 3.05) is 0 Å². The molecule has 7 heteroatoms. The molecule has 0 radical (unpaired) electrons. The number of aliphatic hydroxyl groups is 1. The molecule has 1 amide bonds. The topological polar surface area (TPSA) is 71.5 Å². The number of nitrogens with zero attached hydrogens (tertiary/aromatic N) is 1. The minimum Gasteiger partial charge on any atom is -0.478 e. The molecule has 0 saturated heterocycles. The molecule has 0 fully saturated rings. The van der Waals surface area contributed by atoms with Crippen molar-refractivity contribution in [3.63, 3.8) is 0 Å². The average Bonchev–Trinajstić information content (AvgIpc) is 3.00. The van der Waals surface area contributed by atoms with Gasteiger partial charge in [-0.2, -0.15) is 0 Å². The predicted molar refractivity (Wildman–Crippen MR) is 81.0 cm³/mol. The first kappa shape index (κ1) is 16.4. The van der Waals surface area contributed by atoms with Gasteiger partial charge in [-0.25, -0.2) is 9.37 Å². The number of nitrogens with one attached hydrogen (secondary N) is 1. The van der Waals surface area contributed by atoms with E-state index in [2.05, 4.69) is 10.3 Å². The minimum absolute atomic E-state index is 0.0568. The van der Waals surface area contributed by atoms with Crippen LogP contribution >= 0.6 is 11.3 Å². The molecule has 0 aliphatic rings. The van der Waals surface area contributed by atoms with Gasteiger partial charge >= 0.3 is 0 Å². The summed E-state index contributed by atoms with van der Waals surface area (Å²) in [5.74, 6) is -0.769. The van der Waals surface area contributed by atoms with Crippen molar-refractivity contribution in [1.82, 2.24) is 10.3 Å². The molecular formula is C15H17FN2O3S. The molecule has 0 aliphatic carbocycles. The third-order valence-electron chi connectivity index (χ3n) is 2.94. The molecule has 1 aromatic heterocycles. The van der Waals surface area contributed by atoms with Crippen LogP contribution in [-0.2, 0) is 17.9 Å². The van der Waals surface area contributed by atoms with Gasteiger partial charge in [-0.05, 0) is 18.6 Å². The predicted octanol–water partition coefficient (Wildman–Crippen LogP) is 2.25. The summed E-state index contributed by atoms with van der Waals surface area (Å²) in [6.45, 7) is 1.91. The van der Waals surface area contributed by atoms with E-state index in [1.54, 1.807) is 24.4 Å². The highest BCUT2D eigenvalue weighted by Crippen LogP contribution is 2.18. The van der Waals surface area contributed by atoms with E-state index < -0.39 is 11.9 Å². The van der Waals surface area contributed by atoms with Crippen LogP contribution in [0.2, 0.25) is 0 Å². The summed E-state index contributed by atoms with van der Waals surface area (Å²) in [6, 6.07) is 5.98. The number of carbonyl (C=O) groups is 1. The van der Waals surface area contributed by atoms with Crippen LogP contribution in [0.5, 0.6) is 5.75 Å². The lowest BCUT2D eigenvalue weighted by atomic mass is 10.2. The van der Waals surface area contributed by atoms with Gasteiger partial charge in [0, 0.05) is 5.38 Å².